The number of halogens is 1. The fraction of sp³-hybridized carbons (Fsp3) is 0.500. The maximum atomic E-state index is 11.6. The van der Waals surface area contributed by atoms with Crippen molar-refractivity contribution in [1.82, 2.24) is 16.0 Å². The maximum Gasteiger partial charge on any atom is 0.319 e. The van der Waals surface area contributed by atoms with E-state index < -0.39 is 0 Å². The van der Waals surface area contributed by atoms with Crippen molar-refractivity contribution in [2.45, 2.75) is 45.3 Å². The molecule has 1 saturated carbocycles. The standard InChI is InChI=1S/C16H25N5O.HI/c1-11(2)19-16(22)21-14-6-4-12(5-7-14)10-18-15(17-3)20-13-8-9-13;/h4-7,11,13H,8-10H2,1-3H3,(H2,17,18,20)(H2,19,21,22);1H. The molecular formula is C16H26IN5O. The fourth-order valence-corrected chi connectivity index (χ4v) is 1.94. The van der Waals surface area contributed by atoms with Crippen molar-refractivity contribution < 1.29 is 4.79 Å². The minimum absolute atomic E-state index is 0. The van der Waals surface area contributed by atoms with Crippen molar-refractivity contribution in [3.05, 3.63) is 29.8 Å². The molecule has 0 aliphatic heterocycles. The molecule has 128 valence electrons. The number of hydrogen-bond donors (Lipinski definition) is 4. The van der Waals surface area contributed by atoms with Gasteiger partial charge in [0.05, 0.1) is 0 Å². The highest BCUT2D eigenvalue weighted by atomic mass is 127. The number of urea groups is 1. The molecule has 7 heteroatoms. The van der Waals surface area contributed by atoms with Crippen molar-refractivity contribution in [3.63, 3.8) is 0 Å². The summed E-state index contributed by atoms with van der Waals surface area (Å²) in [6.07, 6.45) is 2.44. The lowest BCUT2D eigenvalue weighted by Gasteiger charge is -2.12. The van der Waals surface area contributed by atoms with Crippen LogP contribution in [0.15, 0.2) is 29.3 Å². The third-order valence-electron chi connectivity index (χ3n) is 3.23. The fourth-order valence-electron chi connectivity index (χ4n) is 1.94. The lowest BCUT2D eigenvalue weighted by atomic mass is 10.2. The van der Waals surface area contributed by atoms with Crippen LogP contribution in [0.1, 0.15) is 32.3 Å². The molecule has 0 unspecified atom stereocenters. The molecule has 2 amide bonds. The average molecular weight is 431 g/mol. The first kappa shape index (κ1) is 19.5. The maximum absolute atomic E-state index is 11.6. The molecule has 1 fully saturated rings. The van der Waals surface area contributed by atoms with Gasteiger partial charge in [0.1, 0.15) is 0 Å². The van der Waals surface area contributed by atoms with Crippen LogP contribution in [0.2, 0.25) is 0 Å². The van der Waals surface area contributed by atoms with E-state index in [9.17, 15) is 4.79 Å². The number of aliphatic imine (C=N–C) groups is 1. The van der Waals surface area contributed by atoms with E-state index in [0.29, 0.717) is 12.6 Å². The second kappa shape index (κ2) is 9.59. The summed E-state index contributed by atoms with van der Waals surface area (Å²) >= 11 is 0. The van der Waals surface area contributed by atoms with Crippen molar-refractivity contribution in [1.29, 1.82) is 0 Å². The molecule has 0 heterocycles. The van der Waals surface area contributed by atoms with Gasteiger partial charge in [-0.3, -0.25) is 4.99 Å². The van der Waals surface area contributed by atoms with E-state index in [2.05, 4.69) is 26.3 Å². The summed E-state index contributed by atoms with van der Waals surface area (Å²) in [5.74, 6) is 0.834. The Morgan fingerprint density at radius 2 is 1.91 bits per heavy atom. The summed E-state index contributed by atoms with van der Waals surface area (Å²) < 4.78 is 0. The van der Waals surface area contributed by atoms with E-state index in [-0.39, 0.29) is 36.0 Å². The number of nitrogens with zero attached hydrogens (tertiary/aromatic N) is 1. The third kappa shape index (κ3) is 7.54. The Balaban J connectivity index is 0.00000264. The highest BCUT2D eigenvalue weighted by Gasteiger charge is 2.21. The second-order valence-electron chi connectivity index (χ2n) is 5.79. The number of anilines is 1. The number of carbonyl (C=O) groups is 1. The number of amides is 2. The second-order valence-corrected chi connectivity index (χ2v) is 5.79. The SMILES string of the molecule is CN=C(NCc1ccc(NC(=O)NC(C)C)cc1)NC1CC1.I. The number of benzene rings is 1. The van der Waals surface area contributed by atoms with Gasteiger partial charge in [0.2, 0.25) is 0 Å². The molecule has 0 spiro atoms. The summed E-state index contributed by atoms with van der Waals surface area (Å²) in [7, 11) is 1.78. The van der Waals surface area contributed by atoms with Gasteiger partial charge in [-0.25, -0.2) is 4.79 Å². The van der Waals surface area contributed by atoms with Crippen LogP contribution in [0.4, 0.5) is 10.5 Å². The van der Waals surface area contributed by atoms with Crippen LogP contribution >= 0.6 is 24.0 Å². The van der Waals surface area contributed by atoms with Gasteiger partial charge in [-0.15, -0.1) is 24.0 Å². The summed E-state index contributed by atoms with van der Waals surface area (Å²) in [6.45, 7) is 4.55. The quantitative estimate of drug-likeness (QED) is 0.329. The minimum atomic E-state index is -0.185. The van der Waals surface area contributed by atoms with Gasteiger partial charge in [-0.05, 0) is 44.4 Å². The van der Waals surface area contributed by atoms with Gasteiger partial charge in [0, 0.05) is 31.4 Å². The van der Waals surface area contributed by atoms with Crippen molar-refractivity contribution >= 4 is 41.7 Å². The summed E-state index contributed by atoms with van der Waals surface area (Å²) in [4.78, 5) is 15.8. The molecule has 6 nitrogen and oxygen atoms in total. The van der Waals surface area contributed by atoms with Crippen molar-refractivity contribution in [3.8, 4) is 0 Å². The molecule has 0 atom stereocenters. The Bertz CT molecular complexity index is 526. The van der Waals surface area contributed by atoms with Crippen LogP contribution in [0, 0.1) is 0 Å². The Kier molecular flexibility index (Phi) is 8.15. The first-order valence-corrected chi connectivity index (χ1v) is 7.70. The molecule has 23 heavy (non-hydrogen) atoms. The van der Waals surface area contributed by atoms with Gasteiger partial charge in [0.15, 0.2) is 5.96 Å². The highest BCUT2D eigenvalue weighted by molar-refractivity contribution is 14.0. The molecule has 0 radical (unpaired) electrons. The predicted octanol–water partition coefficient (Wildman–Crippen LogP) is 2.66. The first-order valence-electron chi connectivity index (χ1n) is 7.70. The Labute approximate surface area is 154 Å². The largest absolute Gasteiger partial charge is 0.354 e. The van der Waals surface area contributed by atoms with Crippen molar-refractivity contribution in [2.24, 2.45) is 4.99 Å². The minimum Gasteiger partial charge on any atom is -0.354 e. The van der Waals surface area contributed by atoms with E-state index in [4.69, 9.17) is 0 Å². The van der Waals surface area contributed by atoms with E-state index in [1.54, 1.807) is 7.05 Å². The zero-order chi connectivity index (χ0) is 15.9. The van der Waals surface area contributed by atoms with E-state index in [0.717, 1.165) is 17.2 Å². The Hall–Kier alpha value is -1.51. The number of nitrogens with one attached hydrogen (secondary N) is 4. The molecule has 2 rings (SSSR count). The van der Waals surface area contributed by atoms with Crippen molar-refractivity contribution in [2.75, 3.05) is 12.4 Å². The van der Waals surface area contributed by atoms with Gasteiger partial charge < -0.3 is 21.3 Å². The first-order chi connectivity index (χ1) is 10.6. The molecule has 0 bridgehead atoms. The van der Waals surface area contributed by atoms with Gasteiger partial charge >= 0.3 is 6.03 Å². The van der Waals surface area contributed by atoms with E-state index in [1.165, 1.54) is 12.8 Å². The molecule has 1 aliphatic rings. The number of rotatable bonds is 5. The highest BCUT2D eigenvalue weighted by Crippen LogP contribution is 2.18. The van der Waals surface area contributed by atoms with Crippen LogP contribution in [0.25, 0.3) is 0 Å². The zero-order valence-corrected chi connectivity index (χ0v) is 16.2. The van der Waals surface area contributed by atoms with Crippen LogP contribution in [0.5, 0.6) is 0 Å². The molecule has 1 aliphatic carbocycles. The van der Waals surface area contributed by atoms with Crippen LogP contribution in [-0.4, -0.2) is 31.1 Å². The number of carbonyl (C=O) groups excluding carboxylic acids is 1. The Morgan fingerprint density at radius 3 is 2.43 bits per heavy atom. The third-order valence-corrected chi connectivity index (χ3v) is 3.23. The monoisotopic (exact) mass is 431 g/mol. The molecule has 1 aromatic rings. The zero-order valence-electron chi connectivity index (χ0n) is 13.8. The number of hydrogen-bond acceptors (Lipinski definition) is 2. The normalized spacial score (nSPS) is 14.0. The molecular weight excluding hydrogens is 405 g/mol. The lowest BCUT2D eigenvalue weighted by Crippen LogP contribution is -2.38. The Morgan fingerprint density at radius 1 is 1.26 bits per heavy atom. The molecule has 0 saturated heterocycles. The lowest BCUT2D eigenvalue weighted by molar-refractivity contribution is 0.250. The molecule has 4 N–H and O–H groups in total. The van der Waals surface area contributed by atoms with Crippen LogP contribution in [-0.2, 0) is 6.54 Å². The molecule has 0 aromatic heterocycles. The van der Waals surface area contributed by atoms with Crippen LogP contribution in [0.3, 0.4) is 0 Å². The van der Waals surface area contributed by atoms with E-state index >= 15 is 0 Å². The number of guanidine groups is 1. The van der Waals surface area contributed by atoms with Gasteiger partial charge in [0.25, 0.3) is 0 Å². The molecule has 1 aromatic carbocycles. The van der Waals surface area contributed by atoms with E-state index in [1.807, 2.05) is 38.1 Å². The topological polar surface area (TPSA) is 77.5 Å². The summed E-state index contributed by atoms with van der Waals surface area (Å²) in [5, 5.41) is 12.2. The predicted molar refractivity (Wildman–Crippen MR) is 106 cm³/mol. The summed E-state index contributed by atoms with van der Waals surface area (Å²) in [6, 6.07) is 8.29. The van der Waals surface area contributed by atoms with Crippen LogP contribution < -0.4 is 21.3 Å². The smallest absolute Gasteiger partial charge is 0.319 e. The van der Waals surface area contributed by atoms with Gasteiger partial charge in [-0.1, -0.05) is 12.1 Å². The van der Waals surface area contributed by atoms with Gasteiger partial charge in [-0.2, -0.15) is 0 Å². The average Bonchev–Trinajstić information content (AvgIpc) is 3.28. The summed E-state index contributed by atoms with van der Waals surface area (Å²) in [5.41, 5.74) is 1.91.